The molecule has 0 amide bonds. The number of aliphatic carboxylic acids is 1. The highest BCUT2D eigenvalue weighted by Gasteiger charge is 2.13. The minimum atomic E-state index is -0.937. The summed E-state index contributed by atoms with van der Waals surface area (Å²) in [5.74, 6) is -0.785. The minimum absolute atomic E-state index is 0.152. The molecule has 0 spiro atoms. The standard InChI is InChI=1S/C15H16N2O3/c16-13-6-1-2-7-14(13)17(10-15(19)20)9-11-4-3-5-12(18)8-11/h1-8,18H,9-10,16H2,(H,19,20). The molecule has 0 saturated heterocycles. The number of para-hydroxylation sites is 2. The van der Waals surface area contributed by atoms with Crippen LogP contribution in [0.2, 0.25) is 0 Å². The number of carboxylic acids is 1. The summed E-state index contributed by atoms with van der Waals surface area (Å²) in [6.45, 7) is 0.193. The van der Waals surface area contributed by atoms with Crippen molar-refractivity contribution in [1.29, 1.82) is 0 Å². The number of benzene rings is 2. The Morgan fingerprint density at radius 3 is 2.55 bits per heavy atom. The van der Waals surface area contributed by atoms with Crippen LogP contribution in [0.25, 0.3) is 0 Å². The van der Waals surface area contributed by atoms with E-state index in [4.69, 9.17) is 10.8 Å². The summed E-state index contributed by atoms with van der Waals surface area (Å²) in [5, 5.41) is 18.5. The van der Waals surface area contributed by atoms with Crippen LogP contribution in [-0.4, -0.2) is 22.7 Å². The van der Waals surface area contributed by atoms with Crippen molar-refractivity contribution in [2.75, 3.05) is 17.2 Å². The predicted octanol–water partition coefficient (Wildman–Crippen LogP) is 2.07. The smallest absolute Gasteiger partial charge is 0.323 e. The lowest BCUT2D eigenvalue weighted by Crippen LogP contribution is -2.29. The monoisotopic (exact) mass is 272 g/mol. The Bertz CT molecular complexity index is 614. The first kappa shape index (κ1) is 13.7. The Morgan fingerprint density at radius 1 is 1.15 bits per heavy atom. The van der Waals surface area contributed by atoms with Gasteiger partial charge in [0.05, 0.1) is 11.4 Å². The van der Waals surface area contributed by atoms with Crippen molar-refractivity contribution in [2.24, 2.45) is 0 Å². The number of carbonyl (C=O) groups is 1. The fourth-order valence-corrected chi connectivity index (χ4v) is 2.04. The van der Waals surface area contributed by atoms with Crippen LogP contribution in [-0.2, 0) is 11.3 Å². The third-order valence-corrected chi connectivity index (χ3v) is 2.89. The second-order valence-electron chi connectivity index (χ2n) is 4.48. The van der Waals surface area contributed by atoms with Gasteiger partial charge >= 0.3 is 5.97 Å². The molecule has 0 bridgehead atoms. The van der Waals surface area contributed by atoms with Crippen LogP contribution in [0.3, 0.4) is 0 Å². The molecule has 4 N–H and O–H groups in total. The van der Waals surface area contributed by atoms with E-state index in [2.05, 4.69) is 0 Å². The van der Waals surface area contributed by atoms with Crippen LogP contribution in [0.5, 0.6) is 5.75 Å². The van der Waals surface area contributed by atoms with Gasteiger partial charge in [0.1, 0.15) is 12.3 Å². The number of rotatable bonds is 5. The molecule has 104 valence electrons. The molecule has 5 heteroatoms. The highest BCUT2D eigenvalue weighted by molar-refractivity contribution is 5.77. The number of nitrogens with zero attached hydrogens (tertiary/aromatic N) is 1. The van der Waals surface area contributed by atoms with Crippen molar-refractivity contribution >= 4 is 17.3 Å². The van der Waals surface area contributed by atoms with Gasteiger partial charge in [0.2, 0.25) is 0 Å². The average molecular weight is 272 g/mol. The Balaban J connectivity index is 2.29. The van der Waals surface area contributed by atoms with E-state index < -0.39 is 5.97 Å². The van der Waals surface area contributed by atoms with Crippen molar-refractivity contribution in [3.05, 3.63) is 54.1 Å². The largest absolute Gasteiger partial charge is 0.508 e. The van der Waals surface area contributed by atoms with Crippen LogP contribution < -0.4 is 10.6 Å². The van der Waals surface area contributed by atoms with Crippen LogP contribution >= 0.6 is 0 Å². The molecular weight excluding hydrogens is 256 g/mol. The summed E-state index contributed by atoms with van der Waals surface area (Å²) in [6.07, 6.45) is 0. The zero-order valence-corrected chi connectivity index (χ0v) is 10.9. The molecule has 0 aliphatic rings. The van der Waals surface area contributed by atoms with Gasteiger partial charge in [-0.2, -0.15) is 0 Å². The van der Waals surface area contributed by atoms with Crippen LogP contribution in [0.1, 0.15) is 5.56 Å². The molecule has 0 atom stereocenters. The van der Waals surface area contributed by atoms with Gasteiger partial charge < -0.3 is 20.8 Å². The SMILES string of the molecule is Nc1ccccc1N(CC(=O)O)Cc1cccc(O)c1. The number of phenolic OH excluding ortho intramolecular Hbond substituents is 1. The maximum Gasteiger partial charge on any atom is 0.323 e. The van der Waals surface area contributed by atoms with Crippen LogP contribution in [0, 0.1) is 0 Å². The summed E-state index contributed by atoms with van der Waals surface area (Å²) < 4.78 is 0. The van der Waals surface area contributed by atoms with E-state index in [0.29, 0.717) is 17.9 Å². The molecule has 2 aromatic rings. The van der Waals surface area contributed by atoms with E-state index in [9.17, 15) is 9.90 Å². The predicted molar refractivity (Wildman–Crippen MR) is 77.6 cm³/mol. The Labute approximate surface area is 116 Å². The second kappa shape index (κ2) is 5.97. The van der Waals surface area contributed by atoms with E-state index in [1.54, 1.807) is 41.3 Å². The van der Waals surface area contributed by atoms with Gasteiger partial charge in [0.25, 0.3) is 0 Å². The molecule has 2 aromatic carbocycles. The topological polar surface area (TPSA) is 86.8 Å². The Kier molecular flexibility index (Phi) is 4.10. The molecule has 0 fully saturated rings. The number of nitrogen functional groups attached to an aromatic ring is 1. The van der Waals surface area contributed by atoms with Crippen molar-refractivity contribution in [3.63, 3.8) is 0 Å². The zero-order chi connectivity index (χ0) is 14.5. The summed E-state index contributed by atoms with van der Waals surface area (Å²) in [4.78, 5) is 12.7. The fourth-order valence-electron chi connectivity index (χ4n) is 2.04. The molecule has 2 rings (SSSR count). The maximum atomic E-state index is 11.0. The van der Waals surface area contributed by atoms with E-state index >= 15 is 0 Å². The Hall–Kier alpha value is -2.69. The first-order valence-corrected chi connectivity index (χ1v) is 6.15. The van der Waals surface area contributed by atoms with Gasteiger partial charge in [0.15, 0.2) is 0 Å². The lowest BCUT2D eigenvalue weighted by atomic mass is 10.1. The molecule has 0 aliphatic heterocycles. The van der Waals surface area contributed by atoms with Gasteiger partial charge in [-0.15, -0.1) is 0 Å². The molecule has 5 nitrogen and oxygen atoms in total. The molecule has 0 heterocycles. The number of nitrogens with two attached hydrogens (primary N) is 1. The molecule has 0 saturated carbocycles. The molecule has 0 unspecified atom stereocenters. The van der Waals surface area contributed by atoms with Gasteiger partial charge in [-0.05, 0) is 29.8 Å². The van der Waals surface area contributed by atoms with Gasteiger partial charge in [0, 0.05) is 6.54 Å². The summed E-state index contributed by atoms with van der Waals surface area (Å²) in [5.41, 5.74) is 7.90. The van der Waals surface area contributed by atoms with Crippen LogP contribution in [0.4, 0.5) is 11.4 Å². The summed E-state index contributed by atoms with van der Waals surface area (Å²) in [6, 6.07) is 13.8. The maximum absolute atomic E-state index is 11.0. The van der Waals surface area contributed by atoms with Gasteiger partial charge in [-0.25, -0.2) is 0 Å². The number of phenols is 1. The quantitative estimate of drug-likeness (QED) is 0.725. The van der Waals surface area contributed by atoms with Crippen molar-refractivity contribution in [1.82, 2.24) is 0 Å². The third kappa shape index (κ3) is 3.41. The highest BCUT2D eigenvalue weighted by atomic mass is 16.4. The van der Waals surface area contributed by atoms with Gasteiger partial charge in [-0.3, -0.25) is 4.79 Å². The number of hydrogen-bond acceptors (Lipinski definition) is 4. The number of hydrogen-bond donors (Lipinski definition) is 3. The molecule has 0 aromatic heterocycles. The molecular formula is C15H16N2O3. The van der Waals surface area contributed by atoms with Crippen molar-refractivity contribution in [2.45, 2.75) is 6.54 Å². The molecule has 20 heavy (non-hydrogen) atoms. The van der Waals surface area contributed by atoms with Crippen molar-refractivity contribution in [3.8, 4) is 5.75 Å². The third-order valence-electron chi connectivity index (χ3n) is 2.89. The number of aromatic hydroxyl groups is 1. The molecule has 0 aliphatic carbocycles. The van der Waals surface area contributed by atoms with E-state index in [0.717, 1.165) is 5.56 Å². The van der Waals surface area contributed by atoms with Crippen LogP contribution in [0.15, 0.2) is 48.5 Å². The summed E-state index contributed by atoms with van der Waals surface area (Å²) >= 11 is 0. The fraction of sp³-hybridized carbons (Fsp3) is 0.133. The van der Waals surface area contributed by atoms with E-state index in [1.165, 1.54) is 0 Å². The lowest BCUT2D eigenvalue weighted by Gasteiger charge is -2.24. The average Bonchev–Trinajstić information content (AvgIpc) is 2.38. The zero-order valence-electron chi connectivity index (χ0n) is 10.9. The van der Waals surface area contributed by atoms with E-state index in [1.807, 2.05) is 12.1 Å². The first-order chi connectivity index (χ1) is 9.56. The lowest BCUT2D eigenvalue weighted by molar-refractivity contribution is -0.135. The Morgan fingerprint density at radius 2 is 1.90 bits per heavy atom. The normalized spacial score (nSPS) is 10.2. The molecule has 0 radical (unpaired) electrons. The minimum Gasteiger partial charge on any atom is -0.508 e. The van der Waals surface area contributed by atoms with Gasteiger partial charge in [-0.1, -0.05) is 24.3 Å². The number of anilines is 2. The first-order valence-electron chi connectivity index (χ1n) is 6.15. The van der Waals surface area contributed by atoms with Crippen molar-refractivity contribution < 1.29 is 15.0 Å². The summed E-state index contributed by atoms with van der Waals surface area (Å²) in [7, 11) is 0. The second-order valence-corrected chi connectivity index (χ2v) is 4.48. The highest BCUT2D eigenvalue weighted by Crippen LogP contribution is 2.24. The van der Waals surface area contributed by atoms with E-state index in [-0.39, 0.29) is 12.3 Å². The number of carboxylic acid groups (broad SMARTS) is 1.